The van der Waals surface area contributed by atoms with Crippen LogP contribution in [0.2, 0.25) is 0 Å². The maximum absolute atomic E-state index is 12.0. The SMILES string of the molecule is CC(C)Oc1cc(Br)ccc1C(=O)NCCCN. The molecule has 1 aromatic carbocycles. The normalized spacial score (nSPS) is 10.5. The molecular formula is C13H19BrN2O2. The lowest BCUT2D eigenvalue weighted by atomic mass is 10.2. The molecule has 5 heteroatoms. The summed E-state index contributed by atoms with van der Waals surface area (Å²) >= 11 is 3.37. The molecule has 4 nitrogen and oxygen atoms in total. The molecule has 0 aliphatic carbocycles. The van der Waals surface area contributed by atoms with E-state index in [1.54, 1.807) is 12.1 Å². The Labute approximate surface area is 116 Å². The minimum absolute atomic E-state index is 0.0230. The van der Waals surface area contributed by atoms with Gasteiger partial charge in [-0.1, -0.05) is 15.9 Å². The third-order valence-electron chi connectivity index (χ3n) is 2.22. The van der Waals surface area contributed by atoms with Crippen LogP contribution in [0.25, 0.3) is 0 Å². The van der Waals surface area contributed by atoms with Crippen molar-refractivity contribution in [2.45, 2.75) is 26.4 Å². The molecule has 1 amide bonds. The van der Waals surface area contributed by atoms with Gasteiger partial charge in [0.05, 0.1) is 11.7 Å². The molecule has 0 aliphatic heterocycles. The molecule has 0 fully saturated rings. The Kier molecular flexibility index (Phi) is 6.15. The van der Waals surface area contributed by atoms with Gasteiger partial charge in [-0.25, -0.2) is 0 Å². The van der Waals surface area contributed by atoms with Gasteiger partial charge in [0.2, 0.25) is 0 Å². The second-order valence-electron chi connectivity index (χ2n) is 4.21. The number of benzene rings is 1. The van der Waals surface area contributed by atoms with E-state index < -0.39 is 0 Å². The first-order chi connectivity index (χ1) is 8.54. The smallest absolute Gasteiger partial charge is 0.255 e. The third-order valence-corrected chi connectivity index (χ3v) is 2.71. The van der Waals surface area contributed by atoms with Crippen molar-refractivity contribution in [2.75, 3.05) is 13.1 Å². The zero-order valence-electron chi connectivity index (χ0n) is 10.7. The lowest BCUT2D eigenvalue weighted by molar-refractivity contribution is 0.0947. The van der Waals surface area contributed by atoms with Crippen LogP contribution in [0.1, 0.15) is 30.6 Å². The summed E-state index contributed by atoms with van der Waals surface area (Å²) in [4.78, 5) is 12.0. The lowest BCUT2D eigenvalue weighted by Crippen LogP contribution is -2.26. The van der Waals surface area contributed by atoms with Crippen molar-refractivity contribution in [1.82, 2.24) is 5.32 Å². The molecule has 0 spiro atoms. The quantitative estimate of drug-likeness (QED) is 0.792. The van der Waals surface area contributed by atoms with Crippen molar-refractivity contribution in [3.8, 4) is 5.75 Å². The average Bonchev–Trinajstić information content (AvgIpc) is 2.28. The van der Waals surface area contributed by atoms with E-state index in [0.29, 0.717) is 24.4 Å². The van der Waals surface area contributed by atoms with Crippen LogP contribution in [-0.2, 0) is 0 Å². The molecule has 0 heterocycles. The first-order valence-electron chi connectivity index (χ1n) is 5.99. The van der Waals surface area contributed by atoms with Crippen molar-refractivity contribution in [3.63, 3.8) is 0 Å². The van der Waals surface area contributed by atoms with Crippen LogP contribution < -0.4 is 15.8 Å². The summed E-state index contributed by atoms with van der Waals surface area (Å²) in [6, 6.07) is 5.38. The molecule has 0 radical (unpaired) electrons. The van der Waals surface area contributed by atoms with Crippen LogP contribution in [0.3, 0.4) is 0 Å². The summed E-state index contributed by atoms with van der Waals surface area (Å²) in [7, 11) is 0. The van der Waals surface area contributed by atoms with Gasteiger partial charge in [-0.2, -0.15) is 0 Å². The Bertz CT molecular complexity index is 408. The first-order valence-corrected chi connectivity index (χ1v) is 6.78. The Morgan fingerprint density at radius 3 is 2.83 bits per heavy atom. The molecule has 100 valence electrons. The van der Waals surface area contributed by atoms with Crippen molar-refractivity contribution in [1.29, 1.82) is 0 Å². The fraction of sp³-hybridized carbons (Fsp3) is 0.462. The molecule has 1 rings (SSSR count). The molecule has 0 atom stereocenters. The number of nitrogens with two attached hydrogens (primary N) is 1. The highest BCUT2D eigenvalue weighted by Crippen LogP contribution is 2.24. The van der Waals surface area contributed by atoms with Crippen LogP contribution in [0, 0.1) is 0 Å². The standard InChI is InChI=1S/C13H19BrN2O2/c1-9(2)18-12-8-10(14)4-5-11(12)13(17)16-7-3-6-15/h4-5,8-9H,3,6-7,15H2,1-2H3,(H,16,17). The Balaban J connectivity index is 2.82. The Hall–Kier alpha value is -1.07. The minimum Gasteiger partial charge on any atom is -0.490 e. The highest BCUT2D eigenvalue weighted by atomic mass is 79.9. The molecule has 1 aromatic rings. The summed E-state index contributed by atoms with van der Waals surface area (Å²) in [6.45, 7) is 5.00. The van der Waals surface area contributed by atoms with E-state index in [9.17, 15) is 4.79 Å². The highest BCUT2D eigenvalue weighted by molar-refractivity contribution is 9.10. The van der Waals surface area contributed by atoms with E-state index in [0.717, 1.165) is 10.9 Å². The predicted molar refractivity (Wildman–Crippen MR) is 75.9 cm³/mol. The molecule has 18 heavy (non-hydrogen) atoms. The van der Waals surface area contributed by atoms with Gasteiger partial charge < -0.3 is 15.8 Å². The number of carbonyl (C=O) groups is 1. The lowest BCUT2D eigenvalue weighted by Gasteiger charge is -2.14. The van der Waals surface area contributed by atoms with Crippen LogP contribution in [-0.4, -0.2) is 25.1 Å². The third kappa shape index (κ3) is 4.66. The van der Waals surface area contributed by atoms with Crippen LogP contribution in [0.4, 0.5) is 0 Å². The summed E-state index contributed by atoms with van der Waals surface area (Å²) in [5, 5.41) is 2.82. The maximum atomic E-state index is 12.0. The zero-order valence-corrected chi connectivity index (χ0v) is 12.3. The monoisotopic (exact) mass is 314 g/mol. The van der Waals surface area contributed by atoms with Gasteiger partial charge in [-0.05, 0) is 45.0 Å². The zero-order chi connectivity index (χ0) is 13.5. The predicted octanol–water partition coefficient (Wildman–Crippen LogP) is 2.31. The summed E-state index contributed by atoms with van der Waals surface area (Å²) in [5.74, 6) is 0.455. The van der Waals surface area contributed by atoms with Gasteiger partial charge in [-0.15, -0.1) is 0 Å². The number of nitrogens with one attached hydrogen (secondary N) is 1. The first kappa shape index (κ1) is 15.0. The number of hydrogen-bond acceptors (Lipinski definition) is 3. The highest BCUT2D eigenvalue weighted by Gasteiger charge is 2.13. The Morgan fingerprint density at radius 1 is 1.50 bits per heavy atom. The topological polar surface area (TPSA) is 64.3 Å². The number of hydrogen-bond donors (Lipinski definition) is 2. The number of halogens is 1. The van der Waals surface area contributed by atoms with Gasteiger partial charge in [-0.3, -0.25) is 4.79 Å². The number of rotatable bonds is 6. The van der Waals surface area contributed by atoms with Crippen molar-refractivity contribution < 1.29 is 9.53 Å². The molecule has 3 N–H and O–H groups in total. The average molecular weight is 315 g/mol. The van der Waals surface area contributed by atoms with Gasteiger partial charge in [0.1, 0.15) is 5.75 Å². The fourth-order valence-electron chi connectivity index (χ4n) is 1.43. The van der Waals surface area contributed by atoms with Gasteiger partial charge in [0, 0.05) is 11.0 Å². The Morgan fingerprint density at radius 2 is 2.22 bits per heavy atom. The maximum Gasteiger partial charge on any atom is 0.255 e. The number of amides is 1. The van der Waals surface area contributed by atoms with Gasteiger partial charge in [0.25, 0.3) is 5.91 Å². The second kappa shape index (κ2) is 7.38. The number of carbonyl (C=O) groups excluding carboxylic acids is 1. The summed E-state index contributed by atoms with van der Waals surface area (Å²) in [6.07, 6.45) is 0.790. The molecular weight excluding hydrogens is 296 g/mol. The molecule has 0 unspecified atom stereocenters. The van der Waals surface area contributed by atoms with Crippen LogP contribution in [0.15, 0.2) is 22.7 Å². The fourth-order valence-corrected chi connectivity index (χ4v) is 1.77. The van der Waals surface area contributed by atoms with E-state index >= 15 is 0 Å². The van der Waals surface area contributed by atoms with Gasteiger partial charge in [0.15, 0.2) is 0 Å². The molecule has 0 aromatic heterocycles. The van der Waals surface area contributed by atoms with E-state index in [-0.39, 0.29) is 12.0 Å². The van der Waals surface area contributed by atoms with E-state index in [4.69, 9.17) is 10.5 Å². The second-order valence-corrected chi connectivity index (χ2v) is 5.12. The summed E-state index contributed by atoms with van der Waals surface area (Å²) < 4.78 is 6.52. The van der Waals surface area contributed by atoms with Crippen molar-refractivity contribution >= 4 is 21.8 Å². The van der Waals surface area contributed by atoms with Crippen LogP contribution >= 0.6 is 15.9 Å². The molecule has 0 aliphatic rings. The van der Waals surface area contributed by atoms with Crippen molar-refractivity contribution in [2.24, 2.45) is 5.73 Å². The molecule has 0 saturated carbocycles. The minimum atomic E-state index is -0.133. The van der Waals surface area contributed by atoms with E-state index in [2.05, 4.69) is 21.2 Å². The molecule has 0 saturated heterocycles. The van der Waals surface area contributed by atoms with E-state index in [1.165, 1.54) is 0 Å². The van der Waals surface area contributed by atoms with E-state index in [1.807, 2.05) is 19.9 Å². The summed E-state index contributed by atoms with van der Waals surface area (Å²) in [5.41, 5.74) is 5.93. The largest absolute Gasteiger partial charge is 0.490 e. The van der Waals surface area contributed by atoms with Crippen molar-refractivity contribution in [3.05, 3.63) is 28.2 Å². The number of ether oxygens (including phenoxy) is 1. The molecule has 0 bridgehead atoms. The van der Waals surface area contributed by atoms with Crippen LogP contribution in [0.5, 0.6) is 5.75 Å². The van der Waals surface area contributed by atoms with Gasteiger partial charge >= 0.3 is 0 Å².